The summed E-state index contributed by atoms with van der Waals surface area (Å²) in [5.41, 5.74) is 5.43. The largest absolute Gasteiger partial charge is 0.330 e. The van der Waals surface area contributed by atoms with Crippen LogP contribution < -0.4 is 21.1 Å². The van der Waals surface area contributed by atoms with Crippen LogP contribution in [0.1, 0.15) is 25.7 Å². The second kappa shape index (κ2) is 11.2. The molecule has 0 bridgehead atoms. The van der Waals surface area contributed by atoms with Gasteiger partial charge in [-0.15, -0.1) is 11.3 Å². The Hall–Kier alpha value is -0.750. The van der Waals surface area contributed by atoms with Gasteiger partial charge in [-0.1, -0.05) is 11.6 Å². The lowest BCUT2D eigenvalue weighted by atomic mass is 10.3. The van der Waals surface area contributed by atoms with E-state index in [4.69, 9.17) is 17.3 Å². The fourth-order valence-corrected chi connectivity index (χ4v) is 4.97. The molecule has 148 valence electrons. The van der Waals surface area contributed by atoms with Crippen molar-refractivity contribution in [2.45, 2.75) is 30.7 Å². The minimum Gasteiger partial charge on any atom is -0.330 e. The van der Waals surface area contributed by atoms with Crippen LogP contribution in [0.2, 0.25) is 5.15 Å². The molecular formula is C15H27ClN6O2S2. The number of nitrogens with zero attached hydrogens (tertiary/aromatic N) is 2. The average molecular weight is 423 g/mol. The highest BCUT2D eigenvalue weighted by Gasteiger charge is 2.24. The molecule has 11 heteroatoms. The fraction of sp³-hybridized carbons (Fsp3) is 0.667. The maximum Gasteiger partial charge on any atom is 0.259 e. The van der Waals surface area contributed by atoms with E-state index in [9.17, 15) is 8.42 Å². The molecule has 2 aromatic rings. The smallest absolute Gasteiger partial charge is 0.259 e. The van der Waals surface area contributed by atoms with Crippen LogP contribution in [-0.4, -0.2) is 57.1 Å². The van der Waals surface area contributed by atoms with Gasteiger partial charge in [-0.25, -0.2) is 18.1 Å². The Morgan fingerprint density at radius 2 is 1.73 bits per heavy atom. The van der Waals surface area contributed by atoms with Crippen LogP contribution in [0.5, 0.6) is 0 Å². The van der Waals surface area contributed by atoms with Crippen LogP contribution in [-0.2, 0) is 10.0 Å². The topological polar surface area (TPSA) is 114 Å². The molecule has 0 aliphatic rings. The second-order valence-corrected chi connectivity index (χ2v) is 8.78. The molecule has 0 radical (unpaired) electrons. The van der Waals surface area contributed by atoms with Crippen molar-refractivity contribution in [2.24, 2.45) is 5.73 Å². The van der Waals surface area contributed by atoms with Gasteiger partial charge in [-0.05, 0) is 58.4 Å². The number of nitrogens with two attached hydrogens (primary N) is 1. The minimum atomic E-state index is -3.68. The van der Waals surface area contributed by atoms with Gasteiger partial charge in [0.15, 0.2) is 15.1 Å². The number of imidazole rings is 1. The number of nitrogens with one attached hydrogen (secondary N) is 3. The molecule has 0 saturated carbocycles. The molecule has 0 aliphatic carbocycles. The van der Waals surface area contributed by atoms with Gasteiger partial charge in [0.2, 0.25) is 0 Å². The predicted octanol–water partition coefficient (Wildman–Crippen LogP) is 1.03. The van der Waals surface area contributed by atoms with Gasteiger partial charge in [-0.3, -0.25) is 4.40 Å². The Labute approximate surface area is 163 Å². The van der Waals surface area contributed by atoms with Crippen LogP contribution in [0.4, 0.5) is 0 Å². The highest BCUT2D eigenvalue weighted by molar-refractivity contribution is 7.89. The second-order valence-electron chi connectivity index (χ2n) is 5.86. The number of halogens is 1. The van der Waals surface area contributed by atoms with Crippen molar-refractivity contribution in [2.75, 3.05) is 39.3 Å². The first-order chi connectivity index (χ1) is 12.6. The molecule has 0 atom stereocenters. The summed E-state index contributed by atoms with van der Waals surface area (Å²) in [5, 5.41) is 8.44. The molecule has 0 spiro atoms. The Morgan fingerprint density at radius 3 is 2.42 bits per heavy atom. The first kappa shape index (κ1) is 21.5. The molecule has 8 nitrogen and oxygen atoms in total. The number of unbranched alkanes of at least 4 members (excludes halogenated alkanes) is 1. The molecule has 0 amide bonds. The summed E-state index contributed by atoms with van der Waals surface area (Å²) >= 11 is 7.32. The average Bonchev–Trinajstić information content (AvgIpc) is 3.15. The third kappa shape index (κ3) is 6.45. The van der Waals surface area contributed by atoms with Gasteiger partial charge in [0.05, 0.1) is 0 Å². The van der Waals surface area contributed by atoms with Gasteiger partial charge in [0, 0.05) is 18.1 Å². The maximum atomic E-state index is 12.4. The predicted molar refractivity (Wildman–Crippen MR) is 107 cm³/mol. The molecule has 0 aliphatic heterocycles. The summed E-state index contributed by atoms with van der Waals surface area (Å²) in [7, 11) is -3.68. The summed E-state index contributed by atoms with van der Waals surface area (Å²) in [4.78, 5) is 4.62. The van der Waals surface area contributed by atoms with E-state index < -0.39 is 10.0 Å². The number of fused-ring (bicyclic) bond motifs is 1. The zero-order valence-corrected chi connectivity index (χ0v) is 17.1. The lowest BCUT2D eigenvalue weighted by Crippen LogP contribution is -2.29. The SMILES string of the molecule is NCCCNCCCCNCCCNS(=O)(=O)c1c(Cl)nc2sccn12. The molecular weight excluding hydrogens is 396 g/mol. The summed E-state index contributed by atoms with van der Waals surface area (Å²) in [5.74, 6) is 0. The summed E-state index contributed by atoms with van der Waals surface area (Å²) in [6.07, 6.45) is 5.57. The normalized spacial score (nSPS) is 12.2. The molecule has 0 aromatic carbocycles. The van der Waals surface area contributed by atoms with E-state index in [1.54, 1.807) is 11.6 Å². The number of sulfonamides is 1. The molecule has 0 unspecified atom stereocenters. The van der Waals surface area contributed by atoms with Crippen molar-refractivity contribution in [3.8, 4) is 0 Å². The van der Waals surface area contributed by atoms with Crippen LogP contribution in [0.15, 0.2) is 16.6 Å². The van der Waals surface area contributed by atoms with Crippen LogP contribution in [0.25, 0.3) is 4.96 Å². The quantitative estimate of drug-likeness (QED) is 0.338. The highest BCUT2D eigenvalue weighted by Crippen LogP contribution is 2.24. The molecule has 2 rings (SSSR count). The molecule has 26 heavy (non-hydrogen) atoms. The lowest BCUT2D eigenvalue weighted by molar-refractivity contribution is 0.557. The van der Waals surface area contributed by atoms with Gasteiger partial charge < -0.3 is 16.4 Å². The Morgan fingerprint density at radius 1 is 1.08 bits per heavy atom. The molecule has 0 fully saturated rings. The van der Waals surface area contributed by atoms with Gasteiger partial charge in [0.1, 0.15) is 0 Å². The van der Waals surface area contributed by atoms with Crippen molar-refractivity contribution in [1.29, 1.82) is 0 Å². The van der Waals surface area contributed by atoms with Gasteiger partial charge in [0.25, 0.3) is 10.0 Å². The number of hydrogen-bond acceptors (Lipinski definition) is 7. The Kier molecular flexibility index (Phi) is 9.26. The van der Waals surface area contributed by atoms with Crippen LogP contribution in [0.3, 0.4) is 0 Å². The first-order valence-electron chi connectivity index (χ1n) is 8.78. The van der Waals surface area contributed by atoms with Crippen molar-refractivity contribution in [3.63, 3.8) is 0 Å². The van der Waals surface area contributed by atoms with E-state index in [1.807, 2.05) is 0 Å². The Balaban J connectivity index is 1.58. The maximum absolute atomic E-state index is 12.4. The fourth-order valence-electron chi connectivity index (χ4n) is 2.44. The van der Waals surface area contributed by atoms with Crippen molar-refractivity contribution >= 4 is 37.9 Å². The highest BCUT2D eigenvalue weighted by atomic mass is 35.5. The van der Waals surface area contributed by atoms with E-state index in [-0.39, 0.29) is 10.2 Å². The molecule has 2 heterocycles. The third-order valence-corrected chi connectivity index (χ3v) is 6.39. The molecule has 5 N–H and O–H groups in total. The van der Waals surface area contributed by atoms with Crippen LogP contribution in [0, 0.1) is 0 Å². The number of rotatable bonds is 14. The summed E-state index contributed by atoms with van der Waals surface area (Å²) < 4.78 is 28.9. The van der Waals surface area contributed by atoms with E-state index in [2.05, 4.69) is 20.3 Å². The van der Waals surface area contributed by atoms with Crippen molar-refractivity contribution in [3.05, 3.63) is 16.7 Å². The van der Waals surface area contributed by atoms with Gasteiger partial charge >= 0.3 is 0 Å². The minimum absolute atomic E-state index is 0.00236. The molecule has 0 saturated heterocycles. The van der Waals surface area contributed by atoms with E-state index >= 15 is 0 Å². The third-order valence-electron chi connectivity index (χ3n) is 3.77. The number of aromatic nitrogens is 2. The van der Waals surface area contributed by atoms with Crippen LogP contribution >= 0.6 is 22.9 Å². The standard InChI is InChI=1S/C15H27ClN6O2S2/c16-13-14(22-11-12-25-15(22)21-13)26(23,24)20-10-4-9-19-7-2-1-6-18-8-3-5-17/h11-12,18-20H,1-10,17H2. The lowest BCUT2D eigenvalue weighted by Gasteiger charge is -2.08. The van der Waals surface area contributed by atoms with E-state index in [0.29, 0.717) is 17.9 Å². The molecule has 2 aromatic heterocycles. The first-order valence-corrected chi connectivity index (χ1v) is 11.5. The van der Waals surface area contributed by atoms with E-state index in [0.717, 1.165) is 52.0 Å². The monoisotopic (exact) mass is 422 g/mol. The Bertz CT molecular complexity index is 761. The van der Waals surface area contributed by atoms with Gasteiger partial charge in [-0.2, -0.15) is 0 Å². The summed E-state index contributed by atoms with van der Waals surface area (Å²) in [6, 6.07) is 0. The zero-order chi connectivity index (χ0) is 18.8. The summed E-state index contributed by atoms with van der Waals surface area (Å²) in [6.45, 7) is 4.74. The van der Waals surface area contributed by atoms with E-state index in [1.165, 1.54) is 15.7 Å². The zero-order valence-electron chi connectivity index (χ0n) is 14.7. The number of thiazole rings is 1. The van der Waals surface area contributed by atoms with Crippen molar-refractivity contribution < 1.29 is 8.42 Å². The van der Waals surface area contributed by atoms with Crippen molar-refractivity contribution in [1.82, 2.24) is 24.7 Å². The number of hydrogen-bond donors (Lipinski definition) is 4.